The topological polar surface area (TPSA) is 58.4 Å². The van der Waals surface area contributed by atoms with Gasteiger partial charge in [-0.25, -0.2) is 9.97 Å². The highest BCUT2D eigenvalue weighted by Gasteiger charge is 2.11. The van der Waals surface area contributed by atoms with E-state index in [1.807, 2.05) is 20.1 Å². The molecule has 0 aliphatic heterocycles. The van der Waals surface area contributed by atoms with Gasteiger partial charge in [-0.05, 0) is 44.7 Å². The molecule has 0 radical (unpaired) electrons. The van der Waals surface area contributed by atoms with E-state index >= 15 is 0 Å². The third-order valence-electron chi connectivity index (χ3n) is 3.49. The summed E-state index contributed by atoms with van der Waals surface area (Å²) in [6.45, 7) is 6.18. The Morgan fingerprint density at radius 3 is 2.77 bits per heavy atom. The SMILES string of the molecule is CCc1cccc(-c2nc(C)nc(C)c2N=CCCCO)c1. The molecule has 0 saturated carbocycles. The first kappa shape index (κ1) is 16.3. The van der Waals surface area contributed by atoms with Crippen molar-refractivity contribution in [2.45, 2.75) is 40.0 Å². The van der Waals surface area contributed by atoms with Crippen molar-refractivity contribution in [2.75, 3.05) is 6.61 Å². The van der Waals surface area contributed by atoms with Gasteiger partial charge in [-0.3, -0.25) is 4.99 Å². The summed E-state index contributed by atoms with van der Waals surface area (Å²) in [5.41, 5.74) is 4.92. The Bertz CT molecular complexity index is 665. The molecule has 4 heteroatoms. The second kappa shape index (κ2) is 7.80. The monoisotopic (exact) mass is 297 g/mol. The van der Waals surface area contributed by atoms with E-state index in [-0.39, 0.29) is 6.61 Å². The summed E-state index contributed by atoms with van der Waals surface area (Å²) < 4.78 is 0. The lowest BCUT2D eigenvalue weighted by atomic mass is 10.0. The third-order valence-corrected chi connectivity index (χ3v) is 3.49. The Kier molecular flexibility index (Phi) is 5.78. The number of aryl methyl sites for hydroxylation is 3. The van der Waals surface area contributed by atoms with Gasteiger partial charge in [-0.1, -0.05) is 25.1 Å². The summed E-state index contributed by atoms with van der Waals surface area (Å²) in [4.78, 5) is 13.6. The summed E-state index contributed by atoms with van der Waals surface area (Å²) in [6.07, 6.45) is 4.30. The van der Waals surface area contributed by atoms with Crippen molar-refractivity contribution in [1.82, 2.24) is 9.97 Å². The molecule has 1 aromatic heterocycles. The number of unbranched alkanes of at least 4 members (excludes halogenated alkanes) is 1. The van der Waals surface area contributed by atoms with Crippen molar-refractivity contribution in [2.24, 2.45) is 4.99 Å². The number of benzene rings is 1. The van der Waals surface area contributed by atoms with E-state index in [4.69, 9.17) is 5.11 Å². The maximum atomic E-state index is 8.86. The highest BCUT2D eigenvalue weighted by Crippen LogP contribution is 2.31. The Balaban J connectivity index is 2.46. The molecular weight excluding hydrogens is 274 g/mol. The van der Waals surface area contributed by atoms with Gasteiger partial charge < -0.3 is 5.11 Å². The summed E-state index contributed by atoms with van der Waals surface area (Å²) >= 11 is 0. The molecule has 0 spiro atoms. The van der Waals surface area contributed by atoms with Gasteiger partial charge in [-0.2, -0.15) is 0 Å². The maximum Gasteiger partial charge on any atom is 0.126 e. The molecule has 0 aliphatic rings. The van der Waals surface area contributed by atoms with E-state index in [1.54, 1.807) is 0 Å². The zero-order chi connectivity index (χ0) is 15.9. The van der Waals surface area contributed by atoms with Crippen molar-refractivity contribution < 1.29 is 5.11 Å². The van der Waals surface area contributed by atoms with Crippen LogP contribution in [0.25, 0.3) is 11.3 Å². The predicted octanol–water partition coefficient (Wildman–Crippen LogP) is 3.80. The molecule has 1 aromatic carbocycles. The van der Waals surface area contributed by atoms with Crippen LogP contribution >= 0.6 is 0 Å². The van der Waals surface area contributed by atoms with E-state index in [0.29, 0.717) is 0 Å². The van der Waals surface area contributed by atoms with E-state index in [1.165, 1.54) is 5.56 Å². The van der Waals surface area contributed by atoms with Crippen LogP contribution < -0.4 is 0 Å². The summed E-state index contributed by atoms with van der Waals surface area (Å²) in [6, 6.07) is 8.40. The van der Waals surface area contributed by atoms with Gasteiger partial charge in [0.1, 0.15) is 11.5 Å². The van der Waals surface area contributed by atoms with E-state index in [2.05, 4.69) is 46.1 Å². The van der Waals surface area contributed by atoms with Crippen molar-refractivity contribution in [1.29, 1.82) is 0 Å². The number of aliphatic imine (C=N–C) groups is 1. The largest absolute Gasteiger partial charge is 0.396 e. The molecule has 1 N–H and O–H groups in total. The van der Waals surface area contributed by atoms with Crippen LogP contribution in [0.3, 0.4) is 0 Å². The van der Waals surface area contributed by atoms with Crippen LogP contribution in [-0.2, 0) is 6.42 Å². The number of aliphatic hydroxyl groups is 1. The molecule has 0 bridgehead atoms. The molecule has 2 rings (SSSR count). The molecule has 4 nitrogen and oxygen atoms in total. The smallest absolute Gasteiger partial charge is 0.126 e. The van der Waals surface area contributed by atoms with Crippen LogP contribution in [0.5, 0.6) is 0 Å². The molecule has 0 amide bonds. The number of rotatable bonds is 6. The summed E-state index contributed by atoms with van der Waals surface area (Å²) in [5, 5.41) is 8.86. The quantitative estimate of drug-likeness (QED) is 0.651. The first-order valence-corrected chi connectivity index (χ1v) is 7.73. The van der Waals surface area contributed by atoms with Crippen molar-refractivity contribution in [3.8, 4) is 11.3 Å². The van der Waals surface area contributed by atoms with Crippen LogP contribution in [0.4, 0.5) is 5.69 Å². The fourth-order valence-electron chi connectivity index (χ4n) is 2.34. The number of nitrogens with zero attached hydrogens (tertiary/aromatic N) is 3. The molecule has 0 saturated heterocycles. The zero-order valence-corrected chi connectivity index (χ0v) is 13.5. The van der Waals surface area contributed by atoms with Gasteiger partial charge in [0.05, 0.1) is 11.4 Å². The van der Waals surface area contributed by atoms with E-state index < -0.39 is 0 Å². The molecule has 0 aliphatic carbocycles. The highest BCUT2D eigenvalue weighted by atomic mass is 16.2. The van der Waals surface area contributed by atoms with Crippen molar-refractivity contribution in [3.63, 3.8) is 0 Å². The fraction of sp³-hybridized carbons (Fsp3) is 0.389. The van der Waals surface area contributed by atoms with Crippen LogP contribution in [0.15, 0.2) is 29.3 Å². The van der Waals surface area contributed by atoms with Crippen LogP contribution in [0, 0.1) is 13.8 Å². The fourth-order valence-corrected chi connectivity index (χ4v) is 2.34. The zero-order valence-electron chi connectivity index (χ0n) is 13.5. The average Bonchev–Trinajstić information content (AvgIpc) is 2.52. The first-order valence-electron chi connectivity index (χ1n) is 7.73. The van der Waals surface area contributed by atoms with Gasteiger partial charge >= 0.3 is 0 Å². The lowest BCUT2D eigenvalue weighted by Crippen LogP contribution is -1.97. The summed E-state index contributed by atoms with van der Waals surface area (Å²) in [7, 11) is 0. The number of aliphatic hydroxyl groups excluding tert-OH is 1. The number of hydrogen-bond acceptors (Lipinski definition) is 4. The lowest BCUT2D eigenvalue weighted by Gasteiger charge is -2.10. The Hall–Kier alpha value is -2.07. The van der Waals surface area contributed by atoms with Gasteiger partial charge in [0.25, 0.3) is 0 Å². The normalized spacial score (nSPS) is 11.3. The first-order chi connectivity index (χ1) is 10.7. The number of hydrogen-bond donors (Lipinski definition) is 1. The summed E-state index contributed by atoms with van der Waals surface area (Å²) in [5.74, 6) is 0.753. The second-order valence-electron chi connectivity index (χ2n) is 5.28. The van der Waals surface area contributed by atoms with E-state index in [0.717, 1.165) is 47.7 Å². The molecule has 0 atom stereocenters. The van der Waals surface area contributed by atoms with Crippen molar-refractivity contribution in [3.05, 3.63) is 41.3 Å². The van der Waals surface area contributed by atoms with Gasteiger partial charge in [0, 0.05) is 18.4 Å². The molecule has 22 heavy (non-hydrogen) atoms. The Morgan fingerprint density at radius 1 is 1.23 bits per heavy atom. The lowest BCUT2D eigenvalue weighted by molar-refractivity contribution is 0.291. The minimum atomic E-state index is 0.181. The number of aromatic nitrogens is 2. The predicted molar refractivity (Wildman–Crippen MR) is 90.8 cm³/mol. The van der Waals surface area contributed by atoms with Crippen molar-refractivity contribution >= 4 is 11.9 Å². The molecular formula is C18H23N3O. The molecule has 0 unspecified atom stereocenters. The molecule has 0 fully saturated rings. The molecule has 1 heterocycles. The highest BCUT2D eigenvalue weighted by molar-refractivity contribution is 5.77. The van der Waals surface area contributed by atoms with E-state index in [9.17, 15) is 0 Å². The maximum absolute atomic E-state index is 8.86. The molecule has 116 valence electrons. The standard InChI is InChI=1S/C18H23N3O/c1-4-15-8-7-9-16(12-15)18-17(19-10-5-6-11-22)13(2)20-14(3)21-18/h7-10,12,22H,4-6,11H2,1-3H3. The van der Waals surface area contributed by atoms with Crippen LogP contribution in [0.1, 0.15) is 36.8 Å². The minimum Gasteiger partial charge on any atom is -0.396 e. The Labute approximate surface area is 132 Å². The minimum absolute atomic E-state index is 0.181. The van der Waals surface area contributed by atoms with Gasteiger partial charge in [0.2, 0.25) is 0 Å². The van der Waals surface area contributed by atoms with Crippen LogP contribution in [0.2, 0.25) is 0 Å². The van der Waals surface area contributed by atoms with Gasteiger partial charge in [0.15, 0.2) is 0 Å². The van der Waals surface area contributed by atoms with Gasteiger partial charge in [-0.15, -0.1) is 0 Å². The second-order valence-corrected chi connectivity index (χ2v) is 5.28. The third kappa shape index (κ3) is 3.98. The Morgan fingerprint density at radius 2 is 2.05 bits per heavy atom. The molecule has 2 aromatic rings. The van der Waals surface area contributed by atoms with Crippen LogP contribution in [-0.4, -0.2) is 27.9 Å². The average molecular weight is 297 g/mol.